The molecule has 1 heterocycles. The lowest BCUT2D eigenvalue weighted by molar-refractivity contribution is -0.136. The molecule has 2 N–H and O–H groups in total. The van der Waals surface area contributed by atoms with Crippen LogP contribution >= 0.6 is 0 Å². The highest BCUT2D eigenvalue weighted by Crippen LogP contribution is 2.11. The van der Waals surface area contributed by atoms with Crippen LogP contribution < -0.4 is 10.7 Å². The fourth-order valence-corrected chi connectivity index (χ4v) is 2.46. The highest BCUT2D eigenvalue weighted by molar-refractivity contribution is 6.39. The van der Waals surface area contributed by atoms with Crippen molar-refractivity contribution in [2.75, 3.05) is 5.32 Å². The Labute approximate surface area is 157 Å². The van der Waals surface area contributed by atoms with E-state index in [9.17, 15) is 9.59 Å². The van der Waals surface area contributed by atoms with Crippen molar-refractivity contribution < 1.29 is 9.59 Å². The third-order valence-corrected chi connectivity index (χ3v) is 4.03. The lowest BCUT2D eigenvalue weighted by Gasteiger charge is -2.06. The van der Waals surface area contributed by atoms with Gasteiger partial charge in [0.25, 0.3) is 0 Å². The van der Waals surface area contributed by atoms with E-state index in [4.69, 9.17) is 0 Å². The fraction of sp³-hybridized carbons (Fsp3) is 0.0952. The largest absolute Gasteiger partial charge is 0.329 e. The summed E-state index contributed by atoms with van der Waals surface area (Å²) in [5, 5.41) is 6.55. The number of carbonyl (C=O) groups excluding carboxylic acids is 2. The highest BCUT2D eigenvalue weighted by Gasteiger charge is 2.13. The molecule has 2 aromatic carbocycles. The van der Waals surface area contributed by atoms with Crippen LogP contribution in [0.5, 0.6) is 0 Å². The van der Waals surface area contributed by atoms with Crippen molar-refractivity contribution in [3.05, 3.63) is 84.2 Å². The molecular weight excluding hydrogens is 340 g/mol. The van der Waals surface area contributed by atoms with Crippen molar-refractivity contribution in [2.24, 2.45) is 5.10 Å². The second-order valence-corrected chi connectivity index (χ2v) is 6.10. The summed E-state index contributed by atoms with van der Waals surface area (Å²) in [6.45, 7) is 3.71. The van der Waals surface area contributed by atoms with Gasteiger partial charge in [0.1, 0.15) is 0 Å². The van der Waals surface area contributed by atoms with E-state index in [1.807, 2.05) is 72.4 Å². The Balaban J connectivity index is 1.59. The van der Waals surface area contributed by atoms with Crippen LogP contribution in [-0.4, -0.2) is 22.1 Å². The number of nitrogens with zero attached hydrogens (tertiary/aromatic N) is 2. The number of hydrazone groups is 1. The molecule has 0 spiro atoms. The van der Waals surface area contributed by atoms with Gasteiger partial charge >= 0.3 is 11.8 Å². The molecule has 3 rings (SSSR count). The number of nitrogens with one attached hydrogen (secondary N) is 2. The number of rotatable bonds is 4. The molecule has 0 saturated heterocycles. The normalized spacial score (nSPS) is 11.1. The van der Waals surface area contributed by atoms with Gasteiger partial charge in [-0.05, 0) is 55.8 Å². The molecule has 0 aliphatic heterocycles. The van der Waals surface area contributed by atoms with E-state index < -0.39 is 11.8 Å². The summed E-state index contributed by atoms with van der Waals surface area (Å²) >= 11 is 0. The molecule has 0 saturated carbocycles. The number of aryl methyl sites for hydroxylation is 1. The molecule has 3 aromatic rings. The maximum atomic E-state index is 11.9. The predicted octanol–water partition coefficient (Wildman–Crippen LogP) is 3.26. The Hall–Kier alpha value is -3.67. The zero-order chi connectivity index (χ0) is 19.2. The van der Waals surface area contributed by atoms with E-state index in [2.05, 4.69) is 15.8 Å². The number of amides is 2. The molecule has 0 atom stereocenters. The number of anilines is 1. The lowest BCUT2D eigenvalue weighted by atomic mass is 10.1. The van der Waals surface area contributed by atoms with Crippen molar-refractivity contribution >= 4 is 23.2 Å². The number of benzene rings is 2. The third kappa shape index (κ3) is 4.70. The second kappa shape index (κ2) is 8.14. The molecule has 6 heteroatoms. The average Bonchev–Trinajstić information content (AvgIpc) is 3.22. The fourth-order valence-electron chi connectivity index (χ4n) is 2.46. The van der Waals surface area contributed by atoms with E-state index in [1.54, 1.807) is 19.1 Å². The first kappa shape index (κ1) is 18.1. The molecule has 27 heavy (non-hydrogen) atoms. The monoisotopic (exact) mass is 360 g/mol. The third-order valence-electron chi connectivity index (χ3n) is 4.03. The van der Waals surface area contributed by atoms with Gasteiger partial charge in [-0.3, -0.25) is 9.59 Å². The zero-order valence-electron chi connectivity index (χ0n) is 15.1. The number of aromatic nitrogens is 1. The quantitative estimate of drug-likeness (QED) is 0.426. The summed E-state index contributed by atoms with van der Waals surface area (Å²) < 4.78 is 1.99. The van der Waals surface area contributed by atoms with Crippen LogP contribution in [-0.2, 0) is 9.59 Å². The number of hydrogen-bond donors (Lipinski definition) is 2. The van der Waals surface area contributed by atoms with Gasteiger partial charge in [-0.25, -0.2) is 5.43 Å². The van der Waals surface area contributed by atoms with Gasteiger partial charge in [0.2, 0.25) is 0 Å². The van der Waals surface area contributed by atoms with Crippen molar-refractivity contribution in [3.63, 3.8) is 0 Å². The molecule has 0 unspecified atom stereocenters. The standard InChI is InChI=1S/C21H20N4O2/c1-15-5-9-18(10-6-15)22-20(26)21(27)24-23-16(2)17-7-11-19(12-8-17)25-13-3-4-14-25/h3-14H,1-2H3,(H,22,26)(H,24,27). The van der Waals surface area contributed by atoms with Gasteiger partial charge in [0, 0.05) is 23.8 Å². The number of hydrogen-bond acceptors (Lipinski definition) is 3. The molecule has 0 aliphatic rings. The maximum absolute atomic E-state index is 11.9. The van der Waals surface area contributed by atoms with Crippen LogP contribution in [0.3, 0.4) is 0 Å². The summed E-state index contributed by atoms with van der Waals surface area (Å²) in [5.41, 5.74) is 6.39. The van der Waals surface area contributed by atoms with Crippen LogP contribution in [0.15, 0.2) is 78.2 Å². The lowest BCUT2D eigenvalue weighted by Crippen LogP contribution is -2.32. The molecule has 1 aromatic heterocycles. The summed E-state index contributed by atoms with van der Waals surface area (Å²) in [6.07, 6.45) is 3.92. The van der Waals surface area contributed by atoms with E-state index >= 15 is 0 Å². The minimum atomic E-state index is -0.820. The molecule has 0 radical (unpaired) electrons. The second-order valence-electron chi connectivity index (χ2n) is 6.10. The molecule has 136 valence electrons. The Bertz CT molecular complexity index is 956. The van der Waals surface area contributed by atoms with E-state index in [0.29, 0.717) is 11.4 Å². The first-order valence-electron chi connectivity index (χ1n) is 8.49. The average molecular weight is 360 g/mol. The van der Waals surface area contributed by atoms with E-state index in [0.717, 1.165) is 16.8 Å². The van der Waals surface area contributed by atoms with Gasteiger partial charge in [0.05, 0.1) is 5.71 Å². The van der Waals surface area contributed by atoms with Crippen molar-refractivity contribution in [2.45, 2.75) is 13.8 Å². The highest BCUT2D eigenvalue weighted by atomic mass is 16.2. The Morgan fingerprint density at radius 3 is 2.15 bits per heavy atom. The summed E-state index contributed by atoms with van der Waals surface area (Å²) in [6, 6.07) is 18.8. The molecule has 0 aliphatic carbocycles. The van der Waals surface area contributed by atoms with Crippen LogP contribution in [0, 0.1) is 6.92 Å². The smallest absolute Gasteiger partial charge is 0.324 e. The van der Waals surface area contributed by atoms with Gasteiger partial charge in [0.15, 0.2) is 0 Å². The molecule has 0 bridgehead atoms. The van der Waals surface area contributed by atoms with Crippen molar-refractivity contribution in [1.29, 1.82) is 0 Å². The van der Waals surface area contributed by atoms with Crippen LogP contribution in [0.2, 0.25) is 0 Å². The van der Waals surface area contributed by atoms with Crippen LogP contribution in [0.25, 0.3) is 5.69 Å². The molecular formula is C21H20N4O2. The number of carbonyl (C=O) groups is 2. The summed E-state index contributed by atoms with van der Waals surface area (Å²) in [5.74, 6) is -1.59. The predicted molar refractivity (Wildman–Crippen MR) is 106 cm³/mol. The molecule has 2 amide bonds. The topological polar surface area (TPSA) is 75.5 Å². The Kier molecular flexibility index (Phi) is 5.47. The zero-order valence-corrected chi connectivity index (χ0v) is 15.1. The SMILES string of the molecule is CC(=NNC(=O)C(=O)Nc1ccc(C)cc1)c1ccc(-n2cccc2)cc1. The van der Waals surface area contributed by atoms with Gasteiger partial charge in [-0.15, -0.1) is 0 Å². The first-order valence-corrected chi connectivity index (χ1v) is 8.49. The molecule has 6 nitrogen and oxygen atoms in total. The Morgan fingerprint density at radius 1 is 0.889 bits per heavy atom. The minimum Gasteiger partial charge on any atom is -0.324 e. The van der Waals surface area contributed by atoms with Crippen molar-refractivity contribution in [1.82, 2.24) is 9.99 Å². The maximum Gasteiger partial charge on any atom is 0.329 e. The van der Waals surface area contributed by atoms with E-state index in [1.165, 1.54) is 0 Å². The van der Waals surface area contributed by atoms with Gasteiger partial charge in [-0.1, -0.05) is 29.8 Å². The van der Waals surface area contributed by atoms with Gasteiger partial charge in [-0.2, -0.15) is 5.10 Å². The minimum absolute atomic E-state index is 0.557. The van der Waals surface area contributed by atoms with E-state index in [-0.39, 0.29) is 0 Å². The molecule has 0 fully saturated rings. The van der Waals surface area contributed by atoms with Crippen molar-refractivity contribution in [3.8, 4) is 5.69 Å². The van der Waals surface area contributed by atoms with Crippen LogP contribution in [0.4, 0.5) is 5.69 Å². The van der Waals surface area contributed by atoms with Gasteiger partial charge < -0.3 is 9.88 Å². The summed E-state index contributed by atoms with van der Waals surface area (Å²) in [7, 11) is 0. The summed E-state index contributed by atoms with van der Waals surface area (Å²) in [4.78, 5) is 23.9. The van der Waals surface area contributed by atoms with Crippen LogP contribution in [0.1, 0.15) is 18.1 Å². The first-order chi connectivity index (χ1) is 13.0. The Morgan fingerprint density at radius 2 is 1.52 bits per heavy atom.